The quantitative estimate of drug-likeness (QED) is 0.296. The summed E-state index contributed by atoms with van der Waals surface area (Å²) >= 11 is 0. The SMILES string of the molecule is Cn1ccc(-n2c(=O)c(C(=O)Nc3ccc(-c4cc(C5CCN(C(=O)C6CC6)CC5)n5ncnc(N)c45)cc3)c3n2CCCC3)n1. The molecule has 0 radical (unpaired) electrons. The minimum atomic E-state index is -0.432. The molecule has 2 fully saturated rings. The summed E-state index contributed by atoms with van der Waals surface area (Å²) in [6.45, 7) is 2.15. The Morgan fingerprint density at radius 3 is 2.50 bits per heavy atom. The molecule has 0 unspecified atom stereocenters. The number of carbonyl (C=O) groups excluding carboxylic acids is 2. The number of nitrogens with one attached hydrogen (secondary N) is 1. The lowest BCUT2D eigenvalue weighted by atomic mass is 9.92. The number of benzene rings is 1. The van der Waals surface area contributed by atoms with Crippen molar-refractivity contribution in [3.63, 3.8) is 0 Å². The van der Waals surface area contributed by atoms with Crippen molar-refractivity contribution in [3.8, 4) is 16.9 Å². The Kier molecular flexibility index (Phi) is 6.76. The van der Waals surface area contributed by atoms with Crippen molar-refractivity contribution in [2.24, 2.45) is 13.0 Å². The van der Waals surface area contributed by atoms with Crippen molar-refractivity contribution in [2.45, 2.75) is 57.4 Å². The van der Waals surface area contributed by atoms with Gasteiger partial charge in [-0.3, -0.25) is 23.7 Å². The largest absolute Gasteiger partial charge is 0.382 e. The van der Waals surface area contributed by atoms with Crippen LogP contribution in [0.25, 0.3) is 22.5 Å². The molecule has 1 aliphatic carbocycles. The van der Waals surface area contributed by atoms with Crippen molar-refractivity contribution in [2.75, 3.05) is 24.1 Å². The summed E-state index contributed by atoms with van der Waals surface area (Å²) in [5.74, 6) is 1.22. The standard InChI is InChI=1S/C33H36N10O3/c1-39-15-13-27(38-39)43-33(46)28(25-4-2-3-14-41(25)43)31(44)37-23-9-7-20(8-10-23)24-18-26(42-29(24)30(34)35-19-36-42)21-11-16-40(17-12-21)32(45)22-5-6-22/h7-10,13,15,18-19,21-22H,2-6,11-12,14,16-17H2,1H3,(H,37,44)(H2,34,35,36). The van der Waals surface area contributed by atoms with E-state index in [1.807, 2.05) is 38.4 Å². The lowest BCUT2D eigenvalue weighted by molar-refractivity contribution is -0.133. The first-order valence-corrected chi connectivity index (χ1v) is 16.0. The fourth-order valence-electron chi connectivity index (χ4n) is 7.12. The number of piperidine rings is 1. The van der Waals surface area contributed by atoms with Crippen molar-refractivity contribution < 1.29 is 9.59 Å². The molecule has 46 heavy (non-hydrogen) atoms. The van der Waals surface area contributed by atoms with E-state index in [9.17, 15) is 14.4 Å². The van der Waals surface area contributed by atoms with Crippen molar-refractivity contribution in [3.05, 3.63) is 76.2 Å². The molecule has 3 aliphatic rings. The Balaban J connectivity index is 1.06. The summed E-state index contributed by atoms with van der Waals surface area (Å²) in [6.07, 6.45) is 9.52. The second-order valence-electron chi connectivity index (χ2n) is 12.7. The van der Waals surface area contributed by atoms with Gasteiger partial charge in [0.15, 0.2) is 11.6 Å². The molecule has 4 aromatic heterocycles. The first kappa shape index (κ1) is 28.3. The molecule has 1 saturated carbocycles. The van der Waals surface area contributed by atoms with E-state index in [1.165, 1.54) is 11.0 Å². The van der Waals surface area contributed by atoms with E-state index in [0.29, 0.717) is 36.2 Å². The van der Waals surface area contributed by atoms with Crippen LogP contribution >= 0.6 is 0 Å². The van der Waals surface area contributed by atoms with Crippen molar-refractivity contribution >= 4 is 28.8 Å². The van der Waals surface area contributed by atoms with E-state index in [-0.39, 0.29) is 23.0 Å². The minimum absolute atomic E-state index is 0.160. The highest BCUT2D eigenvalue weighted by atomic mass is 16.2. The number of carbonyl (C=O) groups is 2. The molecule has 0 bridgehead atoms. The molecular formula is C33H36N10O3. The lowest BCUT2D eigenvalue weighted by Gasteiger charge is -2.32. The smallest absolute Gasteiger partial charge is 0.286 e. The third kappa shape index (κ3) is 4.77. The zero-order valence-electron chi connectivity index (χ0n) is 25.7. The number of rotatable bonds is 6. The molecule has 236 valence electrons. The fraction of sp³-hybridized carbons (Fsp3) is 0.394. The van der Waals surface area contributed by atoms with Gasteiger partial charge in [-0.05, 0) is 68.7 Å². The first-order chi connectivity index (χ1) is 22.4. The Bertz CT molecular complexity index is 2040. The highest BCUT2D eigenvalue weighted by molar-refractivity contribution is 6.05. The van der Waals surface area contributed by atoms with Crippen LogP contribution in [0, 0.1) is 5.92 Å². The maximum atomic E-state index is 13.6. The molecule has 13 nitrogen and oxygen atoms in total. The zero-order valence-corrected chi connectivity index (χ0v) is 25.7. The van der Waals surface area contributed by atoms with Crippen LogP contribution in [-0.2, 0) is 24.8 Å². The molecule has 0 atom stereocenters. The van der Waals surface area contributed by atoms with Crippen molar-refractivity contribution in [1.29, 1.82) is 0 Å². The average Bonchev–Trinajstić information content (AvgIpc) is 3.61. The molecule has 1 aromatic carbocycles. The summed E-state index contributed by atoms with van der Waals surface area (Å²) in [5, 5.41) is 11.9. The van der Waals surface area contributed by atoms with Gasteiger partial charge in [-0.25, -0.2) is 9.50 Å². The minimum Gasteiger partial charge on any atom is -0.382 e. The number of likely N-dealkylation sites (tertiary alicyclic amines) is 1. The van der Waals surface area contributed by atoms with E-state index in [1.54, 1.807) is 24.0 Å². The van der Waals surface area contributed by atoms with E-state index < -0.39 is 5.91 Å². The van der Waals surface area contributed by atoms with Crippen LogP contribution in [0.1, 0.15) is 66.2 Å². The third-order valence-corrected chi connectivity index (χ3v) is 9.64. The number of fused-ring (bicyclic) bond motifs is 2. The molecule has 2 amide bonds. The molecule has 2 aliphatic heterocycles. The van der Waals surface area contributed by atoms with Crippen LogP contribution in [0.15, 0.2) is 53.7 Å². The van der Waals surface area contributed by atoms with Crippen molar-refractivity contribution in [1.82, 2.24) is 38.6 Å². The maximum absolute atomic E-state index is 13.6. The second kappa shape index (κ2) is 11.0. The number of hydrogen-bond acceptors (Lipinski definition) is 7. The summed E-state index contributed by atoms with van der Waals surface area (Å²) in [4.78, 5) is 46.1. The van der Waals surface area contributed by atoms with Gasteiger partial charge >= 0.3 is 0 Å². The molecule has 5 aromatic rings. The number of hydrogen-bond donors (Lipinski definition) is 2. The predicted octanol–water partition coefficient (Wildman–Crippen LogP) is 3.37. The zero-order chi connectivity index (χ0) is 31.5. The first-order valence-electron chi connectivity index (χ1n) is 16.0. The highest BCUT2D eigenvalue weighted by Gasteiger charge is 2.36. The van der Waals surface area contributed by atoms with Crippen LogP contribution in [0.5, 0.6) is 0 Å². The summed E-state index contributed by atoms with van der Waals surface area (Å²) in [7, 11) is 1.80. The number of aromatic nitrogens is 7. The third-order valence-electron chi connectivity index (χ3n) is 9.64. The van der Waals surface area contributed by atoms with Gasteiger partial charge < -0.3 is 16.0 Å². The summed E-state index contributed by atoms with van der Waals surface area (Å²) in [5.41, 5.74) is 11.1. The molecule has 0 spiro atoms. The predicted molar refractivity (Wildman–Crippen MR) is 172 cm³/mol. The Morgan fingerprint density at radius 2 is 1.78 bits per heavy atom. The number of amides is 2. The van der Waals surface area contributed by atoms with E-state index in [0.717, 1.165) is 79.6 Å². The fourth-order valence-corrected chi connectivity index (χ4v) is 7.12. The van der Waals surface area contributed by atoms with Crippen LogP contribution in [0.2, 0.25) is 0 Å². The highest BCUT2D eigenvalue weighted by Crippen LogP contribution is 2.38. The van der Waals surface area contributed by atoms with Crippen LogP contribution in [0.3, 0.4) is 0 Å². The normalized spacial score (nSPS) is 16.9. The molecule has 1 saturated heterocycles. The second-order valence-corrected chi connectivity index (χ2v) is 12.7. The monoisotopic (exact) mass is 620 g/mol. The maximum Gasteiger partial charge on any atom is 0.286 e. The molecule has 8 rings (SSSR count). The number of anilines is 2. The topological polar surface area (TPSA) is 150 Å². The summed E-state index contributed by atoms with van der Waals surface area (Å²) < 4.78 is 6.94. The van der Waals surface area contributed by atoms with Gasteiger partial charge in [-0.2, -0.15) is 14.9 Å². The van der Waals surface area contributed by atoms with Gasteiger partial charge in [-0.15, -0.1) is 0 Å². The lowest BCUT2D eigenvalue weighted by Crippen LogP contribution is -2.39. The van der Waals surface area contributed by atoms with Gasteiger partial charge in [0.25, 0.3) is 11.5 Å². The Labute approximate surface area is 264 Å². The van der Waals surface area contributed by atoms with Gasteiger partial charge in [0.2, 0.25) is 5.91 Å². The van der Waals surface area contributed by atoms with Crippen LogP contribution < -0.4 is 16.6 Å². The Morgan fingerprint density at radius 1 is 1.00 bits per heavy atom. The molecule has 13 heteroatoms. The molecule has 6 heterocycles. The van der Waals surface area contributed by atoms with E-state index in [2.05, 4.69) is 26.6 Å². The van der Waals surface area contributed by atoms with E-state index in [4.69, 9.17) is 5.73 Å². The number of nitrogens with two attached hydrogens (primary N) is 1. The molecular weight excluding hydrogens is 584 g/mol. The Hall–Kier alpha value is -5.20. The molecule has 3 N–H and O–H groups in total. The van der Waals surface area contributed by atoms with E-state index >= 15 is 0 Å². The van der Waals surface area contributed by atoms with Gasteiger partial charge in [0, 0.05) is 67.7 Å². The number of aryl methyl sites for hydroxylation is 1. The summed E-state index contributed by atoms with van der Waals surface area (Å²) in [6, 6.07) is 11.4. The van der Waals surface area contributed by atoms with Gasteiger partial charge in [0.1, 0.15) is 17.4 Å². The van der Waals surface area contributed by atoms with Crippen LogP contribution in [0.4, 0.5) is 11.5 Å². The van der Waals surface area contributed by atoms with Gasteiger partial charge in [-0.1, -0.05) is 12.1 Å². The number of nitrogen functional groups attached to an aromatic ring is 1. The van der Waals surface area contributed by atoms with Crippen LogP contribution in [-0.4, -0.2) is 63.5 Å². The van der Waals surface area contributed by atoms with Gasteiger partial charge in [0.05, 0.1) is 5.69 Å². The average molecular weight is 621 g/mol. The number of nitrogens with zero attached hydrogens (tertiary/aromatic N) is 8.